The number of hydrogen-bond acceptors (Lipinski definition) is 3. The summed E-state index contributed by atoms with van der Waals surface area (Å²) < 4.78 is 26.0. The van der Waals surface area contributed by atoms with E-state index >= 15 is 0 Å². The van der Waals surface area contributed by atoms with Crippen LogP contribution in [-0.2, 0) is 6.42 Å². The molecular formula is C13H18F2N2S. The van der Waals surface area contributed by atoms with Gasteiger partial charge in [0.15, 0.2) is 11.6 Å². The Morgan fingerprint density at radius 2 is 2.17 bits per heavy atom. The van der Waals surface area contributed by atoms with Crippen molar-refractivity contribution < 1.29 is 8.78 Å². The maximum absolute atomic E-state index is 13.1. The molecule has 0 radical (unpaired) electrons. The van der Waals surface area contributed by atoms with E-state index in [2.05, 4.69) is 5.43 Å². The molecule has 3 N–H and O–H groups in total. The minimum atomic E-state index is -0.803. The van der Waals surface area contributed by atoms with E-state index in [1.165, 1.54) is 25.0 Å². The Morgan fingerprint density at radius 1 is 1.33 bits per heavy atom. The lowest BCUT2D eigenvalue weighted by molar-refractivity contribution is 0.468. The van der Waals surface area contributed by atoms with Crippen LogP contribution in [0.3, 0.4) is 0 Å². The molecule has 1 fully saturated rings. The Hall–Kier alpha value is -0.650. The van der Waals surface area contributed by atoms with Crippen molar-refractivity contribution in [2.45, 2.75) is 37.0 Å². The Balaban J connectivity index is 2.02. The van der Waals surface area contributed by atoms with Crippen molar-refractivity contribution in [2.75, 3.05) is 5.75 Å². The molecule has 1 aromatic carbocycles. The van der Waals surface area contributed by atoms with Crippen LogP contribution in [0, 0.1) is 11.6 Å². The summed E-state index contributed by atoms with van der Waals surface area (Å²) in [5.41, 5.74) is 3.60. The van der Waals surface area contributed by atoms with E-state index in [0.717, 1.165) is 17.7 Å². The second-order valence-electron chi connectivity index (χ2n) is 4.63. The average Bonchev–Trinajstić information content (AvgIpc) is 2.41. The molecule has 1 aliphatic rings. The van der Waals surface area contributed by atoms with Crippen molar-refractivity contribution in [2.24, 2.45) is 5.84 Å². The third-order valence-electron chi connectivity index (χ3n) is 3.32. The molecule has 1 heterocycles. The normalized spacial score (nSPS) is 21.8. The number of thioether (sulfide) groups is 1. The van der Waals surface area contributed by atoms with Crippen molar-refractivity contribution in [3.63, 3.8) is 0 Å². The molecule has 100 valence electrons. The first-order chi connectivity index (χ1) is 8.70. The van der Waals surface area contributed by atoms with Crippen molar-refractivity contribution in [1.82, 2.24) is 5.43 Å². The minimum absolute atomic E-state index is 0.111. The summed E-state index contributed by atoms with van der Waals surface area (Å²) in [6, 6.07) is 4.16. The molecule has 0 aliphatic carbocycles. The van der Waals surface area contributed by atoms with E-state index in [4.69, 9.17) is 5.84 Å². The number of hydrogen-bond donors (Lipinski definition) is 2. The fourth-order valence-corrected chi connectivity index (χ4v) is 3.72. The van der Waals surface area contributed by atoms with Gasteiger partial charge in [0, 0.05) is 11.3 Å². The van der Waals surface area contributed by atoms with Crippen LogP contribution < -0.4 is 11.3 Å². The van der Waals surface area contributed by atoms with Crippen LogP contribution in [0.4, 0.5) is 8.78 Å². The van der Waals surface area contributed by atoms with Gasteiger partial charge in [0.25, 0.3) is 0 Å². The first-order valence-electron chi connectivity index (χ1n) is 6.22. The highest BCUT2D eigenvalue weighted by Crippen LogP contribution is 2.28. The van der Waals surface area contributed by atoms with Crippen molar-refractivity contribution in [1.29, 1.82) is 0 Å². The SMILES string of the molecule is NNC(Cc1ccc(F)c(F)c1)C1CCCCS1. The van der Waals surface area contributed by atoms with Crippen LogP contribution in [0.25, 0.3) is 0 Å². The summed E-state index contributed by atoms with van der Waals surface area (Å²) in [4.78, 5) is 0. The topological polar surface area (TPSA) is 38.0 Å². The summed E-state index contributed by atoms with van der Waals surface area (Å²) in [7, 11) is 0. The predicted molar refractivity (Wildman–Crippen MR) is 71.3 cm³/mol. The van der Waals surface area contributed by atoms with Gasteiger partial charge in [-0.15, -0.1) is 0 Å². The smallest absolute Gasteiger partial charge is 0.159 e. The van der Waals surface area contributed by atoms with Crippen molar-refractivity contribution in [3.8, 4) is 0 Å². The van der Waals surface area contributed by atoms with E-state index < -0.39 is 11.6 Å². The Bertz CT molecular complexity index is 395. The first kappa shape index (κ1) is 13.8. The van der Waals surface area contributed by atoms with Crippen LogP contribution in [0.1, 0.15) is 24.8 Å². The quantitative estimate of drug-likeness (QED) is 0.653. The third kappa shape index (κ3) is 3.43. The summed E-state index contributed by atoms with van der Waals surface area (Å²) in [5.74, 6) is 5.15. The number of nitrogens with two attached hydrogens (primary N) is 1. The van der Waals surface area contributed by atoms with Gasteiger partial charge in [-0.3, -0.25) is 11.3 Å². The second kappa shape index (κ2) is 6.50. The van der Waals surface area contributed by atoms with Gasteiger partial charge in [0.05, 0.1) is 0 Å². The average molecular weight is 272 g/mol. The number of hydrazine groups is 1. The zero-order valence-electron chi connectivity index (χ0n) is 10.2. The van der Waals surface area contributed by atoms with Crippen LogP contribution in [0.2, 0.25) is 0 Å². The molecular weight excluding hydrogens is 254 g/mol. The molecule has 1 saturated heterocycles. The second-order valence-corrected chi connectivity index (χ2v) is 5.98. The standard InChI is InChI=1S/C13H18F2N2S/c14-10-5-4-9(7-11(10)15)8-12(17-16)13-3-1-2-6-18-13/h4-5,7,12-13,17H,1-3,6,8,16H2. The van der Waals surface area contributed by atoms with Gasteiger partial charge in [-0.05, 0) is 42.7 Å². The molecule has 2 atom stereocenters. The Labute approximate surface area is 110 Å². The van der Waals surface area contributed by atoms with Crippen LogP contribution >= 0.6 is 11.8 Å². The Morgan fingerprint density at radius 3 is 2.78 bits per heavy atom. The predicted octanol–water partition coefficient (Wildman–Crippen LogP) is 2.62. The van der Waals surface area contributed by atoms with Gasteiger partial charge in [-0.2, -0.15) is 11.8 Å². The number of benzene rings is 1. The molecule has 5 heteroatoms. The van der Waals surface area contributed by atoms with Gasteiger partial charge < -0.3 is 0 Å². The first-order valence-corrected chi connectivity index (χ1v) is 7.27. The van der Waals surface area contributed by atoms with Crippen LogP contribution in [0.15, 0.2) is 18.2 Å². The number of nitrogens with one attached hydrogen (secondary N) is 1. The highest BCUT2D eigenvalue weighted by atomic mass is 32.2. The summed E-state index contributed by atoms with van der Waals surface area (Å²) in [6.07, 6.45) is 4.23. The molecule has 0 amide bonds. The van der Waals surface area contributed by atoms with E-state index in [9.17, 15) is 8.78 Å². The van der Waals surface area contributed by atoms with Gasteiger partial charge in [-0.1, -0.05) is 12.5 Å². The molecule has 1 aliphatic heterocycles. The van der Waals surface area contributed by atoms with E-state index in [0.29, 0.717) is 11.7 Å². The summed E-state index contributed by atoms with van der Waals surface area (Å²) in [5, 5.41) is 0.455. The van der Waals surface area contributed by atoms with Gasteiger partial charge >= 0.3 is 0 Å². The van der Waals surface area contributed by atoms with Gasteiger partial charge in [0.1, 0.15) is 0 Å². The van der Waals surface area contributed by atoms with E-state index in [-0.39, 0.29) is 6.04 Å². The molecule has 2 unspecified atom stereocenters. The maximum Gasteiger partial charge on any atom is 0.159 e. The zero-order chi connectivity index (χ0) is 13.0. The fourth-order valence-electron chi connectivity index (χ4n) is 2.30. The molecule has 1 aromatic rings. The van der Waals surface area contributed by atoms with Crippen LogP contribution in [-0.4, -0.2) is 17.0 Å². The van der Waals surface area contributed by atoms with Gasteiger partial charge in [0.2, 0.25) is 0 Å². The number of rotatable bonds is 4. The Kier molecular flexibility index (Phi) is 4.97. The minimum Gasteiger partial charge on any atom is -0.271 e. The molecule has 0 saturated carbocycles. The van der Waals surface area contributed by atoms with Crippen molar-refractivity contribution >= 4 is 11.8 Å². The lowest BCUT2D eigenvalue weighted by Crippen LogP contribution is -2.45. The molecule has 2 rings (SSSR count). The fraction of sp³-hybridized carbons (Fsp3) is 0.538. The van der Waals surface area contributed by atoms with Gasteiger partial charge in [-0.25, -0.2) is 8.78 Å². The molecule has 0 spiro atoms. The monoisotopic (exact) mass is 272 g/mol. The third-order valence-corrected chi connectivity index (χ3v) is 4.83. The van der Waals surface area contributed by atoms with Crippen LogP contribution in [0.5, 0.6) is 0 Å². The molecule has 18 heavy (non-hydrogen) atoms. The zero-order valence-corrected chi connectivity index (χ0v) is 11.0. The van der Waals surface area contributed by atoms with Crippen molar-refractivity contribution in [3.05, 3.63) is 35.4 Å². The van der Waals surface area contributed by atoms with E-state index in [1.807, 2.05) is 11.8 Å². The summed E-state index contributed by atoms with van der Waals surface area (Å²) >= 11 is 1.91. The van der Waals surface area contributed by atoms with E-state index in [1.54, 1.807) is 6.07 Å². The highest BCUT2D eigenvalue weighted by Gasteiger charge is 2.23. The summed E-state index contributed by atoms with van der Waals surface area (Å²) in [6.45, 7) is 0. The lowest BCUT2D eigenvalue weighted by Gasteiger charge is -2.29. The molecule has 0 bridgehead atoms. The number of halogens is 2. The molecule has 0 aromatic heterocycles. The largest absolute Gasteiger partial charge is 0.271 e. The lowest BCUT2D eigenvalue weighted by atomic mass is 10.00. The maximum atomic E-state index is 13.1. The highest BCUT2D eigenvalue weighted by molar-refractivity contribution is 8.00. The molecule has 2 nitrogen and oxygen atoms in total.